The van der Waals surface area contributed by atoms with Gasteiger partial charge in [0.2, 0.25) is 5.91 Å². The van der Waals surface area contributed by atoms with E-state index in [9.17, 15) is 14.9 Å². The Morgan fingerprint density at radius 1 is 1.31 bits per heavy atom. The van der Waals surface area contributed by atoms with E-state index in [-0.39, 0.29) is 18.1 Å². The van der Waals surface area contributed by atoms with Gasteiger partial charge in [-0.2, -0.15) is 5.10 Å². The van der Waals surface area contributed by atoms with Crippen molar-refractivity contribution in [1.29, 1.82) is 0 Å². The van der Waals surface area contributed by atoms with Crippen LogP contribution in [-0.4, -0.2) is 33.2 Å². The Hall–Kier alpha value is -2.90. The first-order valence-corrected chi connectivity index (χ1v) is 8.59. The maximum absolute atomic E-state index is 12.3. The molecule has 26 heavy (non-hydrogen) atoms. The van der Waals surface area contributed by atoms with E-state index in [1.54, 1.807) is 13.8 Å². The minimum atomic E-state index is -0.473. The minimum absolute atomic E-state index is 0.0458. The molecule has 0 radical (unpaired) electrons. The molecule has 8 nitrogen and oxygen atoms in total. The average Bonchev–Trinajstić information content (AvgIpc) is 2.83. The Labute approximate surface area is 153 Å². The number of rotatable bonds is 7. The van der Waals surface area contributed by atoms with Crippen molar-refractivity contribution in [3.05, 3.63) is 45.8 Å². The molecule has 0 unspecified atom stereocenters. The molecule has 1 heterocycles. The van der Waals surface area contributed by atoms with Gasteiger partial charge in [-0.05, 0) is 58.9 Å². The van der Waals surface area contributed by atoms with Crippen LogP contribution in [0, 0.1) is 24.0 Å². The van der Waals surface area contributed by atoms with Gasteiger partial charge < -0.3 is 10.2 Å². The standard InChI is InChI=1S/C18H25N5O3/c1-6-21(12(2)3)16-9-7-15(8-10-16)19-17(24)11-22-14(5)18(23(25)26)13(4)20-22/h7-10,12H,6,11H2,1-5H3,(H,19,24). The molecule has 1 aromatic carbocycles. The third-order valence-corrected chi connectivity index (χ3v) is 4.27. The Bertz CT molecular complexity index is 796. The van der Waals surface area contributed by atoms with Gasteiger partial charge in [-0.1, -0.05) is 0 Å². The van der Waals surface area contributed by atoms with Gasteiger partial charge in [0.15, 0.2) is 0 Å². The van der Waals surface area contributed by atoms with Crippen molar-refractivity contribution in [1.82, 2.24) is 9.78 Å². The van der Waals surface area contributed by atoms with E-state index in [2.05, 4.69) is 36.1 Å². The molecule has 0 saturated carbocycles. The van der Waals surface area contributed by atoms with E-state index in [4.69, 9.17) is 0 Å². The van der Waals surface area contributed by atoms with Gasteiger partial charge in [0.1, 0.15) is 17.9 Å². The van der Waals surface area contributed by atoms with Gasteiger partial charge in [0.05, 0.1) is 4.92 Å². The first-order chi connectivity index (χ1) is 12.2. The van der Waals surface area contributed by atoms with Crippen molar-refractivity contribution in [3.8, 4) is 0 Å². The van der Waals surface area contributed by atoms with Crippen molar-refractivity contribution in [2.75, 3.05) is 16.8 Å². The van der Waals surface area contributed by atoms with Crippen molar-refractivity contribution < 1.29 is 9.72 Å². The number of nitrogens with one attached hydrogen (secondary N) is 1. The summed E-state index contributed by atoms with van der Waals surface area (Å²) in [4.78, 5) is 25.1. The molecule has 0 spiro atoms. The molecule has 2 rings (SSSR count). The zero-order valence-corrected chi connectivity index (χ0v) is 15.8. The average molecular weight is 359 g/mol. The lowest BCUT2D eigenvalue weighted by Crippen LogP contribution is -2.30. The van der Waals surface area contributed by atoms with Crippen molar-refractivity contribution >= 4 is 23.0 Å². The highest BCUT2D eigenvalue weighted by molar-refractivity contribution is 5.90. The van der Waals surface area contributed by atoms with Crippen LogP contribution in [0.25, 0.3) is 0 Å². The second kappa shape index (κ2) is 7.99. The lowest BCUT2D eigenvalue weighted by molar-refractivity contribution is -0.386. The number of aromatic nitrogens is 2. The Morgan fingerprint density at radius 2 is 1.92 bits per heavy atom. The summed E-state index contributed by atoms with van der Waals surface area (Å²) in [6.45, 7) is 10.3. The quantitative estimate of drug-likeness (QED) is 0.605. The molecule has 2 aromatic rings. The molecule has 0 aliphatic carbocycles. The number of amides is 1. The number of anilines is 2. The molecular weight excluding hydrogens is 334 g/mol. The normalized spacial score (nSPS) is 10.8. The Morgan fingerprint density at radius 3 is 2.38 bits per heavy atom. The summed E-state index contributed by atoms with van der Waals surface area (Å²) >= 11 is 0. The maximum Gasteiger partial charge on any atom is 0.312 e. The van der Waals surface area contributed by atoms with Crippen LogP contribution in [0.2, 0.25) is 0 Å². The van der Waals surface area contributed by atoms with Crippen molar-refractivity contribution in [2.24, 2.45) is 0 Å². The summed E-state index contributed by atoms with van der Waals surface area (Å²) in [5, 5.41) is 17.9. The smallest absolute Gasteiger partial charge is 0.312 e. The fourth-order valence-corrected chi connectivity index (χ4v) is 3.02. The van der Waals surface area contributed by atoms with Gasteiger partial charge in [-0.3, -0.25) is 19.6 Å². The molecule has 0 aliphatic rings. The van der Waals surface area contributed by atoms with Crippen molar-refractivity contribution in [3.63, 3.8) is 0 Å². The largest absolute Gasteiger partial charge is 0.369 e. The summed E-state index contributed by atoms with van der Waals surface area (Å²) < 4.78 is 1.36. The second-order valence-electron chi connectivity index (χ2n) is 6.41. The van der Waals surface area contributed by atoms with Gasteiger partial charge in [0.25, 0.3) is 0 Å². The summed E-state index contributed by atoms with van der Waals surface area (Å²) in [5.74, 6) is -0.283. The van der Waals surface area contributed by atoms with E-state index >= 15 is 0 Å². The number of carbonyl (C=O) groups is 1. The van der Waals surface area contributed by atoms with E-state index in [1.807, 2.05) is 24.3 Å². The highest BCUT2D eigenvalue weighted by Crippen LogP contribution is 2.22. The van der Waals surface area contributed by atoms with Crippen LogP contribution in [-0.2, 0) is 11.3 Å². The maximum atomic E-state index is 12.3. The third kappa shape index (κ3) is 4.19. The van der Waals surface area contributed by atoms with Crippen LogP contribution in [0.3, 0.4) is 0 Å². The summed E-state index contributed by atoms with van der Waals surface area (Å²) in [7, 11) is 0. The highest BCUT2D eigenvalue weighted by atomic mass is 16.6. The molecule has 0 saturated heterocycles. The minimum Gasteiger partial charge on any atom is -0.369 e. The molecular formula is C18H25N5O3. The molecule has 1 aromatic heterocycles. The van der Waals surface area contributed by atoms with Crippen LogP contribution in [0.1, 0.15) is 32.2 Å². The van der Waals surface area contributed by atoms with E-state index in [1.165, 1.54) is 4.68 Å². The predicted molar refractivity (Wildman–Crippen MR) is 102 cm³/mol. The molecule has 0 aliphatic heterocycles. The van der Waals surface area contributed by atoms with Crippen LogP contribution >= 0.6 is 0 Å². The van der Waals surface area contributed by atoms with Crippen LogP contribution < -0.4 is 10.2 Å². The summed E-state index contributed by atoms with van der Waals surface area (Å²) in [5.41, 5.74) is 2.39. The molecule has 0 atom stereocenters. The van der Waals surface area contributed by atoms with Crippen LogP contribution in [0.5, 0.6) is 0 Å². The summed E-state index contributed by atoms with van der Waals surface area (Å²) in [6, 6.07) is 8.02. The number of hydrogen-bond donors (Lipinski definition) is 1. The number of aryl methyl sites for hydroxylation is 1. The van der Waals surface area contributed by atoms with Gasteiger partial charge in [-0.25, -0.2) is 0 Å². The fraction of sp³-hybridized carbons (Fsp3) is 0.444. The molecule has 1 N–H and O–H groups in total. The van der Waals surface area contributed by atoms with Gasteiger partial charge in [-0.15, -0.1) is 0 Å². The lowest BCUT2D eigenvalue weighted by Gasteiger charge is -2.27. The van der Waals surface area contributed by atoms with Crippen LogP contribution in [0.15, 0.2) is 24.3 Å². The second-order valence-corrected chi connectivity index (χ2v) is 6.41. The molecule has 0 fully saturated rings. The monoisotopic (exact) mass is 359 g/mol. The number of nitrogens with zero attached hydrogens (tertiary/aromatic N) is 4. The number of carbonyl (C=O) groups excluding carboxylic acids is 1. The Balaban J connectivity index is 2.07. The van der Waals surface area contributed by atoms with E-state index in [0.29, 0.717) is 23.1 Å². The lowest BCUT2D eigenvalue weighted by atomic mass is 10.2. The SMILES string of the molecule is CCN(c1ccc(NC(=O)Cn2nc(C)c([N+](=O)[O-])c2C)cc1)C(C)C. The predicted octanol–water partition coefficient (Wildman–Crippen LogP) is 3.28. The molecule has 0 bridgehead atoms. The summed E-state index contributed by atoms with van der Waals surface area (Å²) in [6.07, 6.45) is 0. The van der Waals surface area contributed by atoms with E-state index < -0.39 is 4.92 Å². The van der Waals surface area contributed by atoms with Gasteiger partial charge in [0, 0.05) is 24.0 Å². The fourth-order valence-electron chi connectivity index (χ4n) is 3.02. The number of benzene rings is 1. The van der Waals surface area contributed by atoms with Crippen molar-refractivity contribution in [2.45, 2.75) is 47.2 Å². The Kier molecular flexibility index (Phi) is 5.97. The topological polar surface area (TPSA) is 93.3 Å². The first-order valence-electron chi connectivity index (χ1n) is 8.59. The van der Waals surface area contributed by atoms with Gasteiger partial charge >= 0.3 is 5.69 Å². The molecule has 1 amide bonds. The number of hydrogen-bond acceptors (Lipinski definition) is 5. The first kappa shape index (κ1) is 19.4. The van der Waals surface area contributed by atoms with Crippen LogP contribution in [0.4, 0.5) is 17.1 Å². The molecule has 8 heteroatoms. The zero-order valence-electron chi connectivity index (χ0n) is 15.8. The third-order valence-electron chi connectivity index (χ3n) is 4.27. The highest BCUT2D eigenvalue weighted by Gasteiger charge is 2.22. The zero-order chi connectivity index (χ0) is 19.4. The number of nitro groups is 1. The molecule has 140 valence electrons. The van der Waals surface area contributed by atoms with E-state index in [0.717, 1.165) is 12.2 Å².